The third kappa shape index (κ3) is 2.95. The van der Waals surface area contributed by atoms with Gasteiger partial charge in [0.25, 0.3) is 5.89 Å². The molecule has 7 nitrogen and oxygen atoms in total. The van der Waals surface area contributed by atoms with Crippen LogP contribution in [0.3, 0.4) is 0 Å². The minimum atomic E-state index is -0.820. The van der Waals surface area contributed by atoms with Crippen molar-refractivity contribution in [1.29, 1.82) is 0 Å². The van der Waals surface area contributed by atoms with Gasteiger partial charge in [-0.05, 0) is 23.6 Å². The van der Waals surface area contributed by atoms with E-state index in [0.29, 0.717) is 17.3 Å². The van der Waals surface area contributed by atoms with Crippen molar-refractivity contribution >= 4 is 17.3 Å². The Morgan fingerprint density at radius 3 is 2.96 bits per heavy atom. The fourth-order valence-electron chi connectivity index (χ4n) is 2.18. The maximum absolute atomic E-state index is 12.1. The average Bonchev–Trinajstić information content (AvgIpc) is 3.30. The summed E-state index contributed by atoms with van der Waals surface area (Å²) in [5.41, 5.74) is 0. The van der Waals surface area contributed by atoms with Crippen LogP contribution in [0, 0.1) is 0 Å². The number of thiophene rings is 1. The lowest BCUT2D eigenvalue weighted by molar-refractivity contribution is -0.156. The lowest BCUT2D eigenvalue weighted by Crippen LogP contribution is -2.37. The molecular weight excluding hydrogens is 332 g/mol. The van der Waals surface area contributed by atoms with E-state index in [1.807, 2.05) is 23.6 Å². The van der Waals surface area contributed by atoms with Crippen molar-refractivity contribution in [2.24, 2.45) is 0 Å². The summed E-state index contributed by atoms with van der Waals surface area (Å²) >= 11 is 1.50. The van der Waals surface area contributed by atoms with Gasteiger partial charge in [-0.25, -0.2) is 4.79 Å². The molecule has 24 heavy (non-hydrogen) atoms. The molecule has 0 fully saturated rings. The molecule has 0 saturated carbocycles. The Morgan fingerprint density at radius 1 is 1.25 bits per heavy atom. The minimum Gasteiger partial charge on any atom is -0.485 e. The highest BCUT2D eigenvalue weighted by Crippen LogP contribution is 2.31. The number of fused-ring (bicyclic) bond motifs is 1. The van der Waals surface area contributed by atoms with E-state index in [1.54, 1.807) is 18.2 Å². The van der Waals surface area contributed by atoms with Crippen LogP contribution >= 0.6 is 11.3 Å². The summed E-state index contributed by atoms with van der Waals surface area (Å²) in [4.78, 5) is 17.2. The number of rotatable bonds is 4. The Hall–Kier alpha value is -2.87. The summed E-state index contributed by atoms with van der Waals surface area (Å²) in [5.74, 6) is 1.29. The second-order valence-electron chi connectivity index (χ2n) is 4.96. The highest BCUT2D eigenvalue weighted by atomic mass is 32.1. The monoisotopic (exact) mass is 344 g/mol. The predicted octanol–water partition coefficient (Wildman–Crippen LogP) is 2.68. The second-order valence-corrected chi connectivity index (χ2v) is 5.91. The number of hydrogen-bond acceptors (Lipinski definition) is 8. The van der Waals surface area contributed by atoms with Gasteiger partial charge in [-0.3, -0.25) is 0 Å². The summed E-state index contributed by atoms with van der Waals surface area (Å²) in [6.45, 7) is -0.0150. The number of benzene rings is 1. The average molecular weight is 344 g/mol. The Kier molecular flexibility index (Phi) is 3.87. The first kappa shape index (κ1) is 14.7. The van der Waals surface area contributed by atoms with Crippen LogP contribution < -0.4 is 9.47 Å². The van der Waals surface area contributed by atoms with E-state index in [4.69, 9.17) is 18.7 Å². The van der Waals surface area contributed by atoms with Crippen LogP contribution in [-0.4, -0.2) is 28.8 Å². The zero-order valence-electron chi connectivity index (χ0n) is 12.4. The van der Waals surface area contributed by atoms with Gasteiger partial charge in [0, 0.05) is 0 Å². The molecule has 1 aliphatic heterocycles. The van der Waals surface area contributed by atoms with E-state index in [2.05, 4.69) is 10.1 Å². The van der Waals surface area contributed by atoms with Gasteiger partial charge in [0.15, 0.2) is 18.1 Å². The first-order chi connectivity index (χ1) is 11.8. The topological polar surface area (TPSA) is 83.7 Å². The zero-order chi connectivity index (χ0) is 16.4. The van der Waals surface area contributed by atoms with E-state index < -0.39 is 12.1 Å². The second kappa shape index (κ2) is 6.32. The molecule has 0 aliphatic carbocycles. The normalized spacial score (nSPS) is 15.9. The van der Waals surface area contributed by atoms with E-state index in [0.717, 1.165) is 4.88 Å². The largest absolute Gasteiger partial charge is 0.485 e. The maximum atomic E-state index is 12.1. The highest BCUT2D eigenvalue weighted by Gasteiger charge is 2.29. The van der Waals surface area contributed by atoms with Gasteiger partial charge in [-0.15, -0.1) is 11.3 Å². The SMILES string of the molecule is O=C(OCc1nc(-c2cccs2)no1)C1COc2ccccc2O1. The number of hydrogen-bond donors (Lipinski definition) is 0. The molecule has 3 heterocycles. The standard InChI is InChI=1S/C16H12N2O5S/c19-16(12-8-20-10-4-1-2-5-11(10)22-12)21-9-14-17-15(18-23-14)13-6-3-7-24-13/h1-7,12H,8-9H2. The number of carbonyl (C=O) groups excluding carboxylic acids is 1. The van der Waals surface area contributed by atoms with Gasteiger partial charge in [0.2, 0.25) is 11.9 Å². The van der Waals surface area contributed by atoms with Gasteiger partial charge >= 0.3 is 5.97 Å². The molecular formula is C16H12N2O5S. The van der Waals surface area contributed by atoms with Gasteiger partial charge in [0.05, 0.1) is 4.88 Å². The van der Waals surface area contributed by atoms with Gasteiger partial charge in [-0.2, -0.15) is 4.98 Å². The molecule has 0 radical (unpaired) electrons. The van der Waals surface area contributed by atoms with Crippen molar-refractivity contribution in [2.75, 3.05) is 6.61 Å². The van der Waals surface area contributed by atoms with Crippen molar-refractivity contribution in [1.82, 2.24) is 10.1 Å². The summed E-state index contributed by atoms with van der Waals surface area (Å²) in [6, 6.07) is 10.9. The summed E-state index contributed by atoms with van der Waals surface area (Å²) in [7, 11) is 0. The zero-order valence-corrected chi connectivity index (χ0v) is 13.2. The van der Waals surface area contributed by atoms with Crippen LogP contribution in [0.2, 0.25) is 0 Å². The molecule has 0 amide bonds. The van der Waals surface area contributed by atoms with Crippen molar-refractivity contribution in [3.63, 3.8) is 0 Å². The molecule has 1 aromatic carbocycles. The fourth-order valence-corrected chi connectivity index (χ4v) is 2.83. The van der Waals surface area contributed by atoms with Crippen LogP contribution in [0.1, 0.15) is 5.89 Å². The maximum Gasteiger partial charge on any atom is 0.351 e. The van der Waals surface area contributed by atoms with Crippen LogP contribution in [-0.2, 0) is 16.1 Å². The molecule has 0 saturated heterocycles. The summed E-state index contributed by atoms with van der Waals surface area (Å²) in [5, 5.41) is 5.78. The first-order valence-electron chi connectivity index (χ1n) is 7.21. The lowest BCUT2D eigenvalue weighted by Gasteiger charge is -2.24. The number of nitrogens with zero attached hydrogens (tertiary/aromatic N) is 2. The van der Waals surface area contributed by atoms with Gasteiger partial charge in [-0.1, -0.05) is 23.4 Å². The molecule has 0 N–H and O–H groups in total. The Bertz CT molecular complexity index is 846. The molecule has 2 aromatic heterocycles. The third-order valence-corrected chi connectivity index (χ3v) is 4.18. The Balaban J connectivity index is 1.36. The first-order valence-corrected chi connectivity index (χ1v) is 8.09. The molecule has 0 bridgehead atoms. The van der Waals surface area contributed by atoms with Crippen molar-refractivity contribution in [2.45, 2.75) is 12.7 Å². The molecule has 8 heteroatoms. The number of esters is 1. The Labute approximate surface area is 140 Å². The van der Waals surface area contributed by atoms with E-state index in [-0.39, 0.29) is 19.1 Å². The summed E-state index contributed by atoms with van der Waals surface area (Å²) in [6.07, 6.45) is -0.820. The minimum absolute atomic E-state index is 0.0973. The smallest absolute Gasteiger partial charge is 0.351 e. The van der Waals surface area contributed by atoms with Crippen LogP contribution in [0.15, 0.2) is 46.3 Å². The van der Waals surface area contributed by atoms with Gasteiger partial charge < -0.3 is 18.7 Å². The van der Waals surface area contributed by atoms with E-state index >= 15 is 0 Å². The molecule has 3 aromatic rings. The van der Waals surface area contributed by atoms with Crippen LogP contribution in [0.4, 0.5) is 0 Å². The van der Waals surface area contributed by atoms with Crippen molar-refractivity contribution in [3.8, 4) is 22.2 Å². The third-order valence-electron chi connectivity index (χ3n) is 3.32. The predicted molar refractivity (Wildman–Crippen MR) is 83.8 cm³/mol. The molecule has 122 valence electrons. The fraction of sp³-hybridized carbons (Fsp3) is 0.188. The molecule has 4 rings (SSSR count). The number of carbonyl (C=O) groups is 1. The summed E-state index contributed by atoms with van der Waals surface area (Å²) < 4.78 is 21.3. The van der Waals surface area contributed by atoms with E-state index in [1.165, 1.54) is 11.3 Å². The Morgan fingerprint density at radius 2 is 2.12 bits per heavy atom. The highest BCUT2D eigenvalue weighted by molar-refractivity contribution is 7.13. The quantitative estimate of drug-likeness (QED) is 0.673. The molecule has 1 unspecified atom stereocenters. The molecule has 0 spiro atoms. The van der Waals surface area contributed by atoms with E-state index in [9.17, 15) is 4.79 Å². The van der Waals surface area contributed by atoms with Crippen molar-refractivity contribution < 1.29 is 23.5 Å². The van der Waals surface area contributed by atoms with Crippen LogP contribution in [0.5, 0.6) is 11.5 Å². The number of ether oxygens (including phenoxy) is 3. The van der Waals surface area contributed by atoms with Crippen LogP contribution in [0.25, 0.3) is 10.7 Å². The van der Waals surface area contributed by atoms with Gasteiger partial charge in [0.1, 0.15) is 6.61 Å². The lowest BCUT2D eigenvalue weighted by atomic mass is 10.2. The molecule has 1 aliphatic rings. The number of para-hydroxylation sites is 2. The number of aromatic nitrogens is 2. The van der Waals surface area contributed by atoms with Crippen molar-refractivity contribution in [3.05, 3.63) is 47.7 Å². The molecule has 1 atom stereocenters.